The number of nitrogens with zero attached hydrogens (tertiary/aromatic N) is 1. The smallest absolute Gasteiger partial charge is 0.413 e. The lowest BCUT2D eigenvalue weighted by Crippen LogP contribution is -2.27. The van der Waals surface area contributed by atoms with E-state index in [2.05, 4.69) is 10.3 Å². The summed E-state index contributed by atoms with van der Waals surface area (Å²) in [5.41, 5.74) is 2.25. The number of hydrogen-bond acceptors (Lipinski definition) is 5. The average molecular weight is 344 g/mol. The zero-order valence-electron chi connectivity index (χ0n) is 14.0. The van der Waals surface area contributed by atoms with E-state index < -0.39 is 11.7 Å². The molecule has 6 heteroatoms. The fraction of sp³-hybridized carbons (Fsp3) is 0.389. The quantitative estimate of drug-likeness (QED) is 0.859. The number of Topliss-reactive ketones (excluding diaryl/α,β-unsaturated/α-hetero) is 1. The van der Waals surface area contributed by atoms with Crippen LogP contribution >= 0.6 is 11.3 Å². The van der Waals surface area contributed by atoms with Gasteiger partial charge in [-0.2, -0.15) is 0 Å². The van der Waals surface area contributed by atoms with Gasteiger partial charge in [-0.05, 0) is 45.2 Å². The highest BCUT2D eigenvalue weighted by atomic mass is 32.1. The molecule has 0 saturated carbocycles. The van der Waals surface area contributed by atoms with Crippen LogP contribution in [0.1, 0.15) is 49.5 Å². The molecule has 0 fully saturated rings. The summed E-state index contributed by atoms with van der Waals surface area (Å²) in [6.45, 7) is 5.43. The SMILES string of the molecule is CC(C)(C)OC(=O)Nc1csc(-c2ccc3c(c2)C(=O)CCC3)n1. The second kappa shape index (κ2) is 6.36. The van der Waals surface area contributed by atoms with Gasteiger partial charge < -0.3 is 4.74 Å². The second-order valence-electron chi connectivity index (χ2n) is 6.81. The molecule has 0 spiro atoms. The van der Waals surface area contributed by atoms with Gasteiger partial charge in [-0.25, -0.2) is 9.78 Å². The van der Waals surface area contributed by atoms with E-state index in [-0.39, 0.29) is 5.78 Å². The number of aryl methyl sites for hydroxylation is 1. The molecule has 1 aliphatic carbocycles. The minimum Gasteiger partial charge on any atom is -0.444 e. The molecule has 1 amide bonds. The number of fused-ring (bicyclic) bond motifs is 1. The van der Waals surface area contributed by atoms with Crippen LogP contribution in [0.25, 0.3) is 10.6 Å². The molecule has 0 radical (unpaired) electrons. The number of hydrogen-bond donors (Lipinski definition) is 1. The van der Waals surface area contributed by atoms with Gasteiger partial charge in [-0.15, -0.1) is 11.3 Å². The van der Waals surface area contributed by atoms with E-state index in [9.17, 15) is 9.59 Å². The van der Waals surface area contributed by atoms with Crippen LogP contribution in [0.5, 0.6) is 0 Å². The molecular formula is C18H20N2O3S. The minimum absolute atomic E-state index is 0.196. The lowest BCUT2D eigenvalue weighted by atomic mass is 9.89. The summed E-state index contributed by atoms with van der Waals surface area (Å²) in [5.74, 6) is 0.648. The fourth-order valence-electron chi connectivity index (χ4n) is 2.63. The summed E-state index contributed by atoms with van der Waals surface area (Å²) in [5, 5.41) is 5.16. The summed E-state index contributed by atoms with van der Waals surface area (Å²) in [6.07, 6.45) is 1.96. The summed E-state index contributed by atoms with van der Waals surface area (Å²) >= 11 is 1.42. The zero-order valence-corrected chi connectivity index (χ0v) is 14.8. The first-order valence-corrected chi connectivity index (χ1v) is 8.82. The van der Waals surface area contributed by atoms with Gasteiger partial charge in [-0.3, -0.25) is 10.1 Å². The number of anilines is 1. The van der Waals surface area contributed by atoms with Crippen LogP contribution in [-0.4, -0.2) is 22.5 Å². The van der Waals surface area contributed by atoms with E-state index in [1.165, 1.54) is 11.3 Å². The standard InChI is InChI=1S/C18H20N2O3S/c1-18(2,3)23-17(22)20-15-10-24-16(19-15)12-8-7-11-5-4-6-14(21)13(11)9-12/h7-10H,4-6H2,1-3H3,(H,20,22). The molecule has 1 aliphatic rings. The molecule has 0 atom stereocenters. The van der Waals surface area contributed by atoms with Gasteiger partial charge in [0.15, 0.2) is 5.78 Å². The molecule has 0 aliphatic heterocycles. The van der Waals surface area contributed by atoms with Gasteiger partial charge in [0, 0.05) is 22.9 Å². The van der Waals surface area contributed by atoms with Crippen LogP contribution in [0, 0.1) is 0 Å². The number of aromatic nitrogens is 1. The largest absolute Gasteiger partial charge is 0.444 e. The molecule has 1 aromatic carbocycles. The lowest BCUT2D eigenvalue weighted by Gasteiger charge is -2.19. The number of nitrogens with one attached hydrogen (secondary N) is 1. The molecule has 1 heterocycles. The number of rotatable bonds is 2. The van der Waals surface area contributed by atoms with Crippen molar-refractivity contribution in [1.29, 1.82) is 0 Å². The first kappa shape index (κ1) is 16.6. The molecule has 2 aromatic rings. The Kier molecular flexibility index (Phi) is 4.41. The first-order valence-electron chi connectivity index (χ1n) is 7.94. The van der Waals surface area contributed by atoms with Gasteiger partial charge in [0.05, 0.1) is 0 Å². The van der Waals surface area contributed by atoms with E-state index in [4.69, 9.17) is 4.74 Å². The number of ether oxygens (including phenoxy) is 1. The summed E-state index contributed by atoms with van der Waals surface area (Å²) in [6, 6.07) is 5.89. The monoisotopic (exact) mass is 344 g/mol. The van der Waals surface area contributed by atoms with Crippen molar-refractivity contribution >= 4 is 29.0 Å². The molecule has 3 rings (SSSR count). The predicted octanol–water partition coefficient (Wildman–Crippen LogP) is 4.68. The van der Waals surface area contributed by atoms with Crippen molar-refractivity contribution in [2.75, 3.05) is 5.32 Å². The van der Waals surface area contributed by atoms with Crippen molar-refractivity contribution in [3.63, 3.8) is 0 Å². The third-order valence-corrected chi connectivity index (χ3v) is 4.53. The third kappa shape index (κ3) is 3.82. The Balaban J connectivity index is 1.77. The molecule has 0 bridgehead atoms. The zero-order chi connectivity index (χ0) is 17.3. The Bertz CT molecular complexity index is 790. The maximum absolute atomic E-state index is 12.1. The molecule has 0 saturated heterocycles. The van der Waals surface area contributed by atoms with E-state index >= 15 is 0 Å². The summed E-state index contributed by atoms with van der Waals surface area (Å²) in [7, 11) is 0. The predicted molar refractivity (Wildman–Crippen MR) is 94.7 cm³/mol. The number of ketones is 1. The van der Waals surface area contributed by atoms with Crippen molar-refractivity contribution in [2.24, 2.45) is 0 Å². The highest BCUT2D eigenvalue weighted by Crippen LogP contribution is 2.30. The normalized spacial score (nSPS) is 14.2. The highest BCUT2D eigenvalue weighted by molar-refractivity contribution is 7.13. The van der Waals surface area contributed by atoms with Crippen molar-refractivity contribution in [3.8, 4) is 10.6 Å². The van der Waals surface area contributed by atoms with Gasteiger partial charge in [-0.1, -0.05) is 12.1 Å². The Morgan fingerprint density at radius 3 is 2.83 bits per heavy atom. The van der Waals surface area contributed by atoms with Gasteiger partial charge in [0.1, 0.15) is 16.4 Å². The Hall–Kier alpha value is -2.21. The first-order chi connectivity index (χ1) is 11.3. The van der Waals surface area contributed by atoms with E-state index in [1.807, 2.05) is 39.0 Å². The van der Waals surface area contributed by atoms with Crippen LogP contribution in [-0.2, 0) is 11.2 Å². The number of benzene rings is 1. The Morgan fingerprint density at radius 2 is 2.08 bits per heavy atom. The highest BCUT2D eigenvalue weighted by Gasteiger charge is 2.19. The molecule has 0 unspecified atom stereocenters. The third-order valence-electron chi connectivity index (χ3n) is 3.64. The fourth-order valence-corrected chi connectivity index (χ4v) is 3.38. The summed E-state index contributed by atoms with van der Waals surface area (Å²) < 4.78 is 5.21. The molecule has 1 aromatic heterocycles. The van der Waals surface area contributed by atoms with E-state index in [1.54, 1.807) is 5.38 Å². The Labute approximate surface area is 145 Å². The van der Waals surface area contributed by atoms with Crippen molar-refractivity contribution < 1.29 is 14.3 Å². The maximum atomic E-state index is 12.1. The Morgan fingerprint density at radius 1 is 1.29 bits per heavy atom. The topological polar surface area (TPSA) is 68.3 Å². The average Bonchev–Trinajstić information content (AvgIpc) is 2.93. The second-order valence-corrected chi connectivity index (χ2v) is 7.67. The van der Waals surface area contributed by atoms with E-state index in [0.29, 0.717) is 12.2 Å². The maximum Gasteiger partial charge on any atom is 0.413 e. The van der Waals surface area contributed by atoms with Crippen molar-refractivity contribution in [2.45, 2.75) is 45.6 Å². The van der Waals surface area contributed by atoms with Crippen LogP contribution in [0.15, 0.2) is 23.6 Å². The van der Waals surface area contributed by atoms with Crippen LogP contribution in [0.2, 0.25) is 0 Å². The van der Waals surface area contributed by atoms with Crippen LogP contribution < -0.4 is 5.32 Å². The van der Waals surface area contributed by atoms with Gasteiger partial charge >= 0.3 is 6.09 Å². The molecular weight excluding hydrogens is 324 g/mol. The van der Waals surface area contributed by atoms with Crippen molar-refractivity contribution in [1.82, 2.24) is 4.98 Å². The molecule has 24 heavy (non-hydrogen) atoms. The van der Waals surface area contributed by atoms with E-state index in [0.717, 1.165) is 34.5 Å². The number of amides is 1. The van der Waals surface area contributed by atoms with Crippen molar-refractivity contribution in [3.05, 3.63) is 34.7 Å². The number of carbonyl (C=O) groups excluding carboxylic acids is 2. The molecule has 126 valence electrons. The minimum atomic E-state index is -0.554. The number of thiazole rings is 1. The van der Waals surface area contributed by atoms with Gasteiger partial charge in [0.25, 0.3) is 0 Å². The summed E-state index contributed by atoms with van der Waals surface area (Å²) in [4.78, 5) is 28.3. The van der Waals surface area contributed by atoms with Crippen LogP contribution in [0.3, 0.4) is 0 Å². The van der Waals surface area contributed by atoms with Crippen LogP contribution in [0.4, 0.5) is 10.6 Å². The lowest BCUT2D eigenvalue weighted by molar-refractivity contribution is 0.0635. The number of carbonyl (C=O) groups is 2. The molecule has 5 nitrogen and oxygen atoms in total. The van der Waals surface area contributed by atoms with Gasteiger partial charge in [0.2, 0.25) is 0 Å². The molecule has 1 N–H and O–H groups in total.